The molecule has 14 heavy (non-hydrogen) atoms. The molecule has 0 spiro atoms. The van der Waals surface area contributed by atoms with Gasteiger partial charge in [-0.2, -0.15) is 5.10 Å². The maximum atomic E-state index is 11.0. The molecule has 0 aromatic carbocycles. The zero-order valence-corrected chi connectivity index (χ0v) is 9.33. The summed E-state index contributed by atoms with van der Waals surface area (Å²) in [5.74, 6) is 0. The predicted molar refractivity (Wildman–Crippen MR) is 54.3 cm³/mol. The van der Waals surface area contributed by atoms with E-state index in [0.717, 1.165) is 0 Å². The van der Waals surface area contributed by atoms with Crippen molar-refractivity contribution in [3.8, 4) is 0 Å². The number of carbonyl (C=O) groups excluding carboxylic acids is 1. The molecular weight excluding hydrogens is 184 g/mol. The van der Waals surface area contributed by atoms with E-state index in [-0.39, 0.29) is 6.10 Å². The van der Waals surface area contributed by atoms with E-state index in [2.05, 4.69) is 10.5 Å². The summed E-state index contributed by atoms with van der Waals surface area (Å²) in [6.45, 7) is 7.16. The molecule has 5 heteroatoms. The molecule has 1 unspecified atom stereocenters. The van der Waals surface area contributed by atoms with Gasteiger partial charge in [-0.3, -0.25) is 0 Å². The Bertz CT molecular complexity index is 209. The maximum Gasteiger partial charge on any atom is 0.428 e. The van der Waals surface area contributed by atoms with E-state index in [9.17, 15) is 4.79 Å². The second-order valence-corrected chi connectivity index (χ2v) is 3.83. The third-order valence-corrected chi connectivity index (χ3v) is 1.21. The van der Waals surface area contributed by atoms with Crippen molar-refractivity contribution in [2.24, 2.45) is 5.10 Å². The number of hydrazone groups is 1. The Morgan fingerprint density at radius 1 is 1.50 bits per heavy atom. The summed E-state index contributed by atoms with van der Waals surface area (Å²) < 4.78 is 9.84. The van der Waals surface area contributed by atoms with Gasteiger partial charge in [0, 0.05) is 7.11 Å². The van der Waals surface area contributed by atoms with Crippen molar-refractivity contribution in [2.45, 2.75) is 39.4 Å². The zero-order chi connectivity index (χ0) is 11.2. The largest absolute Gasteiger partial charge is 0.443 e. The molecule has 82 valence electrons. The van der Waals surface area contributed by atoms with Gasteiger partial charge < -0.3 is 9.47 Å². The number of nitrogens with one attached hydrogen (secondary N) is 1. The Kier molecular flexibility index (Phi) is 5.15. The number of amides is 1. The molecule has 0 aromatic heterocycles. The number of rotatable bonds is 3. The average molecular weight is 202 g/mol. The van der Waals surface area contributed by atoms with Gasteiger partial charge in [0.05, 0.1) is 12.3 Å². The van der Waals surface area contributed by atoms with E-state index in [0.29, 0.717) is 0 Å². The Hall–Kier alpha value is -1.10. The molecule has 1 atom stereocenters. The van der Waals surface area contributed by atoms with Crippen molar-refractivity contribution in [3.63, 3.8) is 0 Å². The summed E-state index contributed by atoms with van der Waals surface area (Å²) in [6, 6.07) is 0. The highest BCUT2D eigenvalue weighted by molar-refractivity contribution is 5.70. The van der Waals surface area contributed by atoms with Crippen molar-refractivity contribution in [1.82, 2.24) is 5.43 Å². The third kappa shape index (κ3) is 7.54. The van der Waals surface area contributed by atoms with Gasteiger partial charge in [-0.05, 0) is 27.7 Å². The highest BCUT2D eigenvalue weighted by Gasteiger charge is 2.15. The molecule has 0 rings (SSSR count). The molecule has 0 aromatic rings. The van der Waals surface area contributed by atoms with Gasteiger partial charge in [-0.15, -0.1) is 0 Å². The number of ether oxygens (including phenoxy) is 2. The van der Waals surface area contributed by atoms with Crippen molar-refractivity contribution in [3.05, 3.63) is 0 Å². The number of hydrogen-bond donors (Lipinski definition) is 1. The first-order chi connectivity index (χ1) is 6.35. The second-order valence-electron chi connectivity index (χ2n) is 3.83. The maximum absolute atomic E-state index is 11.0. The molecule has 0 heterocycles. The van der Waals surface area contributed by atoms with Crippen LogP contribution < -0.4 is 5.43 Å². The number of methoxy groups -OCH3 is 1. The summed E-state index contributed by atoms with van der Waals surface area (Å²) in [4.78, 5) is 11.0. The lowest BCUT2D eigenvalue weighted by molar-refractivity contribution is 0.0529. The minimum atomic E-state index is -0.572. The lowest BCUT2D eigenvalue weighted by atomic mass is 10.2. The van der Waals surface area contributed by atoms with Crippen LogP contribution in [0.4, 0.5) is 4.79 Å². The Labute approximate surface area is 84.5 Å². The molecule has 0 radical (unpaired) electrons. The van der Waals surface area contributed by atoms with E-state index in [1.54, 1.807) is 34.8 Å². The van der Waals surface area contributed by atoms with Gasteiger partial charge >= 0.3 is 6.09 Å². The molecule has 1 amide bonds. The number of nitrogens with zero attached hydrogens (tertiary/aromatic N) is 1. The first-order valence-electron chi connectivity index (χ1n) is 4.40. The monoisotopic (exact) mass is 202 g/mol. The second kappa shape index (κ2) is 5.59. The molecule has 0 aliphatic rings. The van der Waals surface area contributed by atoms with Crippen LogP contribution in [0.1, 0.15) is 27.7 Å². The molecule has 0 aliphatic carbocycles. The lowest BCUT2D eigenvalue weighted by Gasteiger charge is -2.18. The van der Waals surface area contributed by atoms with Gasteiger partial charge in [-0.25, -0.2) is 10.2 Å². The fourth-order valence-electron chi connectivity index (χ4n) is 0.557. The van der Waals surface area contributed by atoms with Gasteiger partial charge in [0.25, 0.3) is 0 Å². The number of carbonyl (C=O) groups is 1. The Morgan fingerprint density at radius 3 is 2.50 bits per heavy atom. The minimum Gasteiger partial charge on any atom is -0.443 e. The molecule has 0 saturated carbocycles. The van der Waals surface area contributed by atoms with Crippen molar-refractivity contribution in [2.75, 3.05) is 7.11 Å². The highest BCUT2D eigenvalue weighted by Crippen LogP contribution is 2.06. The summed E-state index contributed by atoms with van der Waals surface area (Å²) in [7, 11) is 1.56. The standard InChI is InChI=1S/C9H18N2O3/c1-7(13-5)6-10-11-8(12)14-9(2,3)4/h6-7H,1-5H3,(H,11,12). The summed E-state index contributed by atoms with van der Waals surface area (Å²) in [5.41, 5.74) is 1.73. The topological polar surface area (TPSA) is 59.9 Å². The SMILES string of the molecule is COC(C)C=NNC(=O)OC(C)(C)C. The fraction of sp³-hybridized carbons (Fsp3) is 0.778. The lowest BCUT2D eigenvalue weighted by Crippen LogP contribution is -2.30. The number of hydrogen-bond acceptors (Lipinski definition) is 4. The fourth-order valence-corrected chi connectivity index (χ4v) is 0.557. The van der Waals surface area contributed by atoms with Crippen molar-refractivity contribution < 1.29 is 14.3 Å². The van der Waals surface area contributed by atoms with E-state index in [1.807, 2.05) is 0 Å². The average Bonchev–Trinajstić information content (AvgIpc) is 2.00. The quantitative estimate of drug-likeness (QED) is 0.557. The van der Waals surface area contributed by atoms with E-state index < -0.39 is 11.7 Å². The van der Waals surface area contributed by atoms with Crippen LogP contribution in [0.3, 0.4) is 0 Å². The van der Waals surface area contributed by atoms with E-state index in [1.165, 1.54) is 6.21 Å². The van der Waals surface area contributed by atoms with Crippen LogP contribution in [-0.4, -0.2) is 31.1 Å². The van der Waals surface area contributed by atoms with Crippen LogP contribution in [0.25, 0.3) is 0 Å². The predicted octanol–water partition coefficient (Wildman–Crippen LogP) is 1.53. The van der Waals surface area contributed by atoms with Gasteiger partial charge in [-0.1, -0.05) is 0 Å². The normalized spacial score (nSPS) is 14.1. The smallest absolute Gasteiger partial charge is 0.428 e. The van der Waals surface area contributed by atoms with Crippen LogP contribution in [0, 0.1) is 0 Å². The summed E-state index contributed by atoms with van der Waals surface area (Å²) >= 11 is 0. The van der Waals surface area contributed by atoms with E-state index >= 15 is 0 Å². The van der Waals surface area contributed by atoms with Crippen molar-refractivity contribution in [1.29, 1.82) is 0 Å². The third-order valence-electron chi connectivity index (χ3n) is 1.21. The summed E-state index contributed by atoms with van der Waals surface area (Å²) in [6.07, 6.45) is 0.770. The van der Waals surface area contributed by atoms with Gasteiger partial charge in [0.15, 0.2) is 0 Å². The van der Waals surface area contributed by atoms with E-state index in [4.69, 9.17) is 9.47 Å². The van der Waals surface area contributed by atoms with Gasteiger partial charge in [0.2, 0.25) is 0 Å². The van der Waals surface area contributed by atoms with Crippen LogP contribution in [0.15, 0.2) is 5.10 Å². The molecule has 0 bridgehead atoms. The molecule has 1 N–H and O–H groups in total. The molecular formula is C9H18N2O3. The molecule has 0 saturated heterocycles. The first-order valence-corrected chi connectivity index (χ1v) is 4.40. The molecule has 0 aliphatic heterocycles. The van der Waals surface area contributed by atoms with Gasteiger partial charge in [0.1, 0.15) is 5.60 Å². The van der Waals surface area contributed by atoms with Crippen LogP contribution >= 0.6 is 0 Å². The molecule has 0 fully saturated rings. The van der Waals surface area contributed by atoms with Crippen LogP contribution in [0.2, 0.25) is 0 Å². The van der Waals surface area contributed by atoms with Crippen LogP contribution in [0.5, 0.6) is 0 Å². The highest BCUT2D eigenvalue weighted by atomic mass is 16.6. The summed E-state index contributed by atoms with van der Waals surface area (Å²) in [5, 5.41) is 3.65. The molecule has 5 nitrogen and oxygen atoms in total. The first kappa shape index (κ1) is 12.9. The minimum absolute atomic E-state index is 0.134. The Morgan fingerprint density at radius 2 is 2.07 bits per heavy atom. The zero-order valence-electron chi connectivity index (χ0n) is 9.33. The van der Waals surface area contributed by atoms with Crippen molar-refractivity contribution >= 4 is 12.3 Å². The Balaban J connectivity index is 3.80. The van der Waals surface area contributed by atoms with Crippen LogP contribution in [-0.2, 0) is 9.47 Å².